The highest BCUT2D eigenvalue weighted by atomic mass is 32.2. The number of carbonyl (C=O) groups is 1. The third-order valence-electron chi connectivity index (χ3n) is 4.00. The second-order valence-electron chi connectivity index (χ2n) is 5.64. The number of carbonyl (C=O) groups excluding carboxylic acids is 1. The van der Waals surface area contributed by atoms with Gasteiger partial charge in [-0.15, -0.1) is 0 Å². The summed E-state index contributed by atoms with van der Waals surface area (Å²) in [5.41, 5.74) is 0. The molecule has 3 fully saturated rings. The fourth-order valence-electron chi connectivity index (χ4n) is 2.62. The topological polar surface area (TPSA) is 91.0 Å². The molecule has 1 atom stereocenters. The summed E-state index contributed by atoms with van der Waals surface area (Å²) in [5.74, 6) is -0.240. The van der Waals surface area contributed by atoms with Crippen LogP contribution in [0.5, 0.6) is 0 Å². The Bertz CT molecular complexity index is 487. The van der Waals surface area contributed by atoms with Gasteiger partial charge in [0.05, 0.1) is 13.2 Å². The molecule has 1 aliphatic carbocycles. The van der Waals surface area contributed by atoms with Gasteiger partial charge >= 0.3 is 0 Å². The van der Waals surface area contributed by atoms with Crippen LogP contribution < -0.4 is 10.6 Å². The average molecular weight is 318 g/mol. The molecule has 0 radical (unpaired) electrons. The lowest BCUT2D eigenvalue weighted by Gasteiger charge is -2.38. The van der Waals surface area contributed by atoms with E-state index < -0.39 is 16.3 Å². The highest BCUT2D eigenvalue weighted by Gasteiger charge is 2.41. The Balaban J connectivity index is 1.73. The van der Waals surface area contributed by atoms with Gasteiger partial charge in [-0.1, -0.05) is 0 Å². The zero-order valence-corrected chi connectivity index (χ0v) is 12.8. The maximum Gasteiger partial charge on any atom is 0.282 e. The van der Waals surface area contributed by atoms with Crippen molar-refractivity contribution in [3.8, 4) is 0 Å². The highest BCUT2D eigenvalue weighted by Crippen LogP contribution is 2.21. The Morgan fingerprint density at radius 2 is 1.90 bits per heavy atom. The van der Waals surface area contributed by atoms with Crippen molar-refractivity contribution in [3.63, 3.8) is 0 Å². The Hall–Kier alpha value is -0.740. The van der Waals surface area contributed by atoms with Gasteiger partial charge in [-0.25, -0.2) is 0 Å². The minimum atomic E-state index is -3.61. The van der Waals surface area contributed by atoms with Crippen LogP contribution in [-0.4, -0.2) is 81.0 Å². The molecule has 2 saturated heterocycles. The van der Waals surface area contributed by atoms with E-state index in [0.29, 0.717) is 32.8 Å². The van der Waals surface area contributed by atoms with E-state index >= 15 is 0 Å². The number of nitrogens with zero attached hydrogens (tertiary/aromatic N) is 2. The molecule has 0 aromatic rings. The molecule has 0 aromatic heterocycles. The number of amides is 1. The van der Waals surface area contributed by atoms with Crippen molar-refractivity contribution in [2.24, 2.45) is 0 Å². The van der Waals surface area contributed by atoms with Crippen LogP contribution in [0.15, 0.2) is 0 Å². The first-order chi connectivity index (χ1) is 10.1. The molecular weight excluding hydrogens is 296 g/mol. The lowest BCUT2D eigenvalue weighted by Crippen LogP contribution is -2.61. The molecule has 21 heavy (non-hydrogen) atoms. The summed E-state index contributed by atoms with van der Waals surface area (Å²) in [6, 6.07) is -0.539. The van der Waals surface area contributed by atoms with Crippen molar-refractivity contribution in [2.45, 2.75) is 24.9 Å². The summed E-state index contributed by atoms with van der Waals surface area (Å²) in [5, 5.41) is 6.00. The molecule has 1 saturated carbocycles. The molecular formula is C12H22N4O4S. The van der Waals surface area contributed by atoms with E-state index in [1.807, 2.05) is 0 Å². The zero-order valence-electron chi connectivity index (χ0n) is 12.0. The van der Waals surface area contributed by atoms with Crippen molar-refractivity contribution in [2.75, 3.05) is 45.9 Å². The highest BCUT2D eigenvalue weighted by molar-refractivity contribution is 7.86. The second-order valence-corrected chi connectivity index (χ2v) is 7.52. The summed E-state index contributed by atoms with van der Waals surface area (Å²) in [6.45, 7) is 2.86. The van der Waals surface area contributed by atoms with Crippen molar-refractivity contribution in [1.82, 2.24) is 19.2 Å². The van der Waals surface area contributed by atoms with Crippen LogP contribution >= 0.6 is 0 Å². The minimum absolute atomic E-state index is 0.129. The molecule has 9 heteroatoms. The Morgan fingerprint density at radius 1 is 1.19 bits per heavy atom. The molecule has 0 aromatic carbocycles. The van der Waals surface area contributed by atoms with Crippen LogP contribution in [0, 0.1) is 0 Å². The number of rotatable bonds is 4. The number of piperazine rings is 1. The van der Waals surface area contributed by atoms with Crippen molar-refractivity contribution in [1.29, 1.82) is 0 Å². The van der Waals surface area contributed by atoms with Crippen molar-refractivity contribution < 1.29 is 17.9 Å². The van der Waals surface area contributed by atoms with E-state index in [4.69, 9.17) is 4.74 Å². The summed E-state index contributed by atoms with van der Waals surface area (Å²) >= 11 is 0. The van der Waals surface area contributed by atoms with Gasteiger partial charge in [0.25, 0.3) is 10.2 Å². The SMILES string of the molecule is O=C(NC1CC1)C1COCCN1S(=O)(=O)N1CCNCC1. The lowest BCUT2D eigenvalue weighted by atomic mass is 10.2. The predicted molar refractivity (Wildman–Crippen MR) is 75.8 cm³/mol. The maximum atomic E-state index is 12.7. The Labute approximate surface area is 125 Å². The van der Waals surface area contributed by atoms with Crippen LogP contribution in [-0.2, 0) is 19.7 Å². The number of nitrogens with one attached hydrogen (secondary N) is 2. The normalized spacial score (nSPS) is 29.2. The first-order valence-electron chi connectivity index (χ1n) is 7.45. The van der Waals surface area contributed by atoms with Gasteiger partial charge in [0, 0.05) is 38.8 Å². The number of morpholine rings is 1. The molecule has 2 heterocycles. The fourth-order valence-corrected chi connectivity index (χ4v) is 4.34. The second kappa shape index (κ2) is 6.17. The molecule has 2 aliphatic heterocycles. The Kier molecular flexibility index (Phi) is 4.46. The lowest BCUT2D eigenvalue weighted by molar-refractivity contribution is -0.129. The summed E-state index contributed by atoms with van der Waals surface area (Å²) < 4.78 is 33.6. The first-order valence-corrected chi connectivity index (χ1v) is 8.84. The first kappa shape index (κ1) is 15.2. The fraction of sp³-hybridized carbons (Fsp3) is 0.917. The van der Waals surface area contributed by atoms with E-state index in [-0.39, 0.29) is 25.1 Å². The van der Waals surface area contributed by atoms with Gasteiger partial charge in [-0.3, -0.25) is 4.79 Å². The average Bonchev–Trinajstić information content (AvgIpc) is 3.32. The zero-order chi connectivity index (χ0) is 14.9. The largest absolute Gasteiger partial charge is 0.378 e. The molecule has 8 nitrogen and oxygen atoms in total. The Morgan fingerprint density at radius 3 is 2.57 bits per heavy atom. The van der Waals surface area contributed by atoms with Crippen molar-refractivity contribution in [3.05, 3.63) is 0 Å². The van der Waals surface area contributed by atoms with E-state index in [0.717, 1.165) is 12.8 Å². The number of hydrogen-bond acceptors (Lipinski definition) is 5. The molecule has 120 valence electrons. The monoisotopic (exact) mass is 318 g/mol. The molecule has 0 bridgehead atoms. The maximum absolute atomic E-state index is 12.7. The molecule has 1 amide bonds. The third kappa shape index (κ3) is 3.37. The quantitative estimate of drug-likeness (QED) is 0.633. The van der Waals surface area contributed by atoms with Crippen LogP contribution in [0.25, 0.3) is 0 Å². The van der Waals surface area contributed by atoms with Gasteiger partial charge in [-0.05, 0) is 12.8 Å². The van der Waals surface area contributed by atoms with E-state index in [1.54, 1.807) is 0 Å². The summed E-state index contributed by atoms with van der Waals surface area (Å²) in [7, 11) is -3.61. The van der Waals surface area contributed by atoms with E-state index in [9.17, 15) is 13.2 Å². The number of ether oxygens (including phenoxy) is 1. The summed E-state index contributed by atoms with van der Waals surface area (Å²) in [4.78, 5) is 12.3. The van der Waals surface area contributed by atoms with E-state index in [1.165, 1.54) is 8.61 Å². The van der Waals surface area contributed by atoms with Gasteiger partial charge in [0.1, 0.15) is 6.04 Å². The smallest absolute Gasteiger partial charge is 0.282 e. The molecule has 3 aliphatic rings. The van der Waals surface area contributed by atoms with E-state index in [2.05, 4.69) is 10.6 Å². The van der Waals surface area contributed by atoms with Gasteiger partial charge in [0.15, 0.2) is 0 Å². The van der Waals surface area contributed by atoms with Gasteiger partial charge in [-0.2, -0.15) is 17.0 Å². The van der Waals surface area contributed by atoms with Gasteiger partial charge < -0.3 is 15.4 Å². The number of hydrogen-bond donors (Lipinski definition) is 2. The standard InChI is InChI=1S/C12H22N4O4S/c17-12(14-10-1-2-10)11-9-20-8-7-16(11)21(18,19)15-5-3-13-4-6-15/h10-11,13H,1-9H2,(H,14,17). The summed E-state index contributed by atoms with van der Waals surface area (Å²) in [6.07, 6.45) is 1.95. The molecule has 3 rings (SSSR count). The minimum Gasteiger partial charge on any atom is -0.378 e. The molecule has 2 N–H and O–H groups in total. The van der Waals surface area contributed by atoms with Crippen LogP contribution in [0.4, 0.5) is 0 Å². The van der Waals surface area contributed by atoms with Crippen LogP contribution in [0.1, 0.15) is 12.8 Å². The van der Waals surface area contributed by atoms with Crippen LogP contribution in [0.3, 0.4) is 0 Å². The van der Waals surface area contributed by atoms with Gasteiger partial charge in [0.2, 0.25) is 5.91 Å². The third-order valence-corrected chi connectivity index (χ3v) is 6.05. The molecule has 0 spiro atoms. The van der Waals surface area contributed by atoms with Crippen LogP contribution in [0.2, 0.25) is 0 Å². The molecule has 1 unspecified atom stereocenters. The predicted octanol–water partition coefficient (Wildman–Crippen LogP) is -1.88. The van der Waals surface area contributed by atoms with Crippen molar-refractivity contribution >= 4 is 16.1 Å².